The first-order valence-corrected chi connectivity index (χ1v) is 20.2. The molecule has 6 rings (SSSR count). The molecule has 4 fully saturated rings. The van der Waals surface area contributed by atoms with E-state index in [0.717, 1.165) is 55.1 Å². The van der Waals surface area contributed by atoms with Crippen molar-refractivity contribution in [3.8, 4) is 0 Å². The normalized spacial score (nSPS) is 24.1. The van der Waals surface area contributed by atoms with Gasteiger partial charge in [0.1, 0.15) is 30.7 Å². The number of rotatable bonds is 12. The standard InChI is InChI=1S/C32H42N8O3.C8H19N.C2H6/c1-21-18-42-31(41)39(21)28-7-6-8-29(37-28)40-27-15-32(2,3)43-19-25(27)24(17-33-4)30(40)36-20-35-23-9-10-26(34-16-23)22-11-13-38(5)14-12-22;1-4-6-7-8-9(3)5-2;1-2/h6-10,16-17,21-22,25,27,35H,4,11-15,18-20H2,1-3,5H3;4-8H2,1-3H3;1-2H3/b24-17-,36-30+;;/t21-,25?,27+;;/m0../s1. The molecule has 12 heteroatoms. The van der Waals surface area contributed by atoms with E-state index >= 15 is 0 Å². The summed E-state index contributed by atoms with van der Waals surface area (Å²) in [5.41, 5.74) is 2.73. The molecule has 1 unspecified atom stereocenters. The van der Waals surface area contributed by atoms with Gasteiger partial charge in [-0.25, -0.2) is 14.8 Å². The van der Waals surface area contributed by atoms with Gasteiger partial charge in [-0.3, -0.25) is 14.9 Å². The summed E-state index contributed by atoms with van der Waals surface area (Å²) in [7, 11) is 4.35. The van der Waals surface area contributed by atoms with Crippen LogP contribution in [0.4, 0.5) is 22.1 Å². The van der Waals surface area contributed by atoms with E-state index in [1.165, 1.54) is 32.4 Å². The second-order valence-corrected chi connectivity index (χ2v) is 15.2. The number of hydrogen-bond donors (Lipinski definition) is 1. The number of piperidine rings is 1. The van der Waals surface area contributed by atoms with Crippen molar-refractivity contribution < 1.29 is 14.3 Å². The van der Waals surface area contributed by atoms with Crippen LogP contribution < -0.4 is 15.1 Å². The third-order valence-corrected chi connectivity index (χ3v) is 10.7. The monoisotopic (exact) mass is 746 g/mol. The number of amidine groups is 1. The van der Waals surface area contributed by atoms with E-state index in [2.05, 4.69) is 85.6 Å². The molecule has 6 heterocycles. The number of carbonyl (C=O) groups excluding carboxylic acids is 1. The summed E-state index contributed by atoms with van der Waals surface area (Å²) in [4.78, 5) is 40.0. The Balaban J connectivity index is 0.000000520. The molecule has 12 nitrogen and oxygen atoms in total. The average Bonchev–Trinajstić information content (AvgIpc) is 3.67. The zero-order chi connectivity index (χ0) is 39.3. The van der Waals surface area contributed by atoms with Crippen LogP contribution in [0.1, 0.15) is 98.6 Å². The number of anilines is 3. The van der Waals surface area contributed by atoms with Gasteiger partial charge in [0.15, 0.2) is 0 Å². The van der Waals surface area contributed by atoms with Crippen molar-refractivity contribution in [1.82, 2.24) is 19.8 Å². The smallest absolute Gasteiger partial charge is 0.415 e. The van der Waals surface area contributed by atoms with E-state index in [9.17, 15) is 4.79 Å². The summed E-state index contributed by atoms with van der Waals surface area (Å²) in [5, 5.41) is 3.43. The molecule has 1 N–H and O–H groups in total. The maximum Gasteiger partial charge on any atom is 0.415 e. The molecular weight excluding hydrogens is 679 g/mol. The lowest BCUT2D eigenvalue weighted by Gasteiger charge is -2.40. The maximum atomic E-state index is 12.5. The number of unbranched alkanes of at least 4 members (excludes halogenated alkanes) is 2. The van der Waals surface area contributed by atoms with Gasteiger partial charge in [-0.05, 0) is 118 Å². The fraction of sp³-hybridized carbons (Fsp3) is 0.643. The number of aromatic nitrogens is 2. The van der Waals surface area contributed by atoms with Crippen LogP contribution in [-0.4, -0.2) is 116 Å². The highest BCUT2D eigenvalue weighted by Crippen LogP contribution is 2.43. The molecule has 4 aliphatic rings. The molecule has 3 atom stereocenters. The number of aliphatic imine (C=N–C) groups is 2. The van der Waals surface area contributed by atoms with E-state index in [4.69, 9.17) is 24.4 Å². The Hall–Kier alpha value is -3.87. The fourth-order valence-electron chi connectivity index (χ4n) is 7.43. The molecule has 0 bridgehead atoms. The van der Waals surface area contributed by atoms with E-state index in [1.807, 2.05) is 45.2 Å². The lowest BCUT2D eigenvalue weighted by Crippen LogP contribution is -2.47. The third-order valence-electron chi connectivity index (χ3n) is 10.7. The molecule has 0 saturated carbocycles. The first kappa shape index (κ1) is 42.9. The minimum atomic E-state index is -0.381. The first-order chi connectivity index (χ1) is 26.0. The summed E-state index contributed by atoms with van der Waals surface area (Å²) in [6, 6.07) is 9.92. The van der Waals surface area contributed by atoms with Crippen LogP contribution in [0, 0.1) is 5.92 Å². The molecule has 0 radical (unpaired) electrons. The van der Waals surface area contributed by atoms with Crippen LogP contribution in [0.5, 0.6) is 0 Å². The topological polar surface area (TPSA) is 111 Å². The SMILES string of the molecule is C=N/C=C1\C(=N/CNc2ccc(C3CCN(C)CC3)nc2)N(c2cccc(N3C(=O)OC[C@@H]3C)n2)[C@@H]2CC(C)(C)OCC12.CC.CCCCCN(C)CC. The Labute approximate surface area is 325 Å². The molecule has 4 saturated heterocycles. The molecule has 54 heavy (non-hydrogen) atoms. The number of nitrogens with one attached hydrogen (secondary N) is 1. The van der Waals surface area contributed by atoms with Gasteiger partial charge in [0.05, 0.1) is 30.1 Å². The highest BCUT2D eigenvalue weighted by molar-refractivity contribution is 6.13. The number of cyclic esters (lactones) is 1. The van der Waals surface area contributed by atoms with Gasteiger partial charge in [0.2, 0.25) is 0 Å². The quantitative estimate of drug-likeness (QED) is 0.172. The fourth-order valence-corrected chi connectivity index (χ4v) is 7.43. The number of likely N-dealkylation sites (tertiary alicyclic amines) is 1. The highest BCUT2D eigenvalue weighted by Gasteiger charge is 2.49. The second kappa shape index (κ2) is 20.7. The van der Waals surface area contributed by atoms with Crippen molar-refractivity contribution in [3.63, 3.8) is 0 Å². The number of amides is 1. The predicted octanol–water partition coefficient (Wildman–Crippen LogP) is 7.84. The van der Waals surface area contributed by atoms with Gasteiger partial charge in [0, 0.05) is 35.3 Å². The number of pyridine rings is 2. The average molecular weight is 746 g/mol. The summed E-state index contributed by atoms with van der Waals surface area (Å²) in [6.07, 6.45) is 10.4. The predicted molar refractivity (Wildman–Crippen MR) is 223 cm³/mol. The van der Waals surface area contributed by atoms with Gasteiger partial charge in [-0.2, -0.15) is 0 Å². The zero-order valence-electron chi connectivity index (χ0n) is 34.6. The highest BCUT2D eigenvalue weighted by atomic mass is 16.6. The number of hydrogen-bond acceptors (Lipinski definition) is 10. The number of ether oxygens (including phenoxy) is 2. The minimum Gasteiger partial charge on any atom is -0.447 e. The maximum absolute atomic E-state index is 12.5. The van der Waals surface area contributed by atoms with Crippen LogP contribution >= 0.6 is 0 Å². The largest absolute Gasteiger partial charge is 0.447 e. The molecule has 4 aliphatic heterocycles. The summed E-state index contributed by atoms with van der Waals surface area (Å²) < 4.78 is 11.5. The van der Waals surface area contributed by atoms with Gasteiger partial charge in [0.25, 0.3) is 0 Å². The third kappa shape index (κ3) is 11.1. The van der Waals surface area contributed by atoms with Crippen LogP contribution in [0.15, 0.2) is 58.3 Å². The zero-order valence-corrected chi connectivity index (χ0v) is 34.6. The van der Waals surface area contributed by atoms with Crippen molar-refractivity contribution in [3.05, 3.63) is 54.0 Å². The summed E-state index contributed by atoms with van der Waals surface area (Å²) in [6.45, 7) is 24.3. The Morgan fingerprint density at radius 3 is 2.41 bits per heavy atom. The molecule has 0 spiro atoms. The van der Waals surface area contributed by atoms with Gasteiger partial charge >= 0.3 is 6.09 Å². The Morgan fingerprint density at radius 1 is 1.07 bits per heavy atom. The van der Waals surface area contributed by atoms with Gasteiger partial charge in [-0.15, -0.1) is 0 Å². The molecular formula is C42H67N9O3. The molecule has 0 aliphatic carbocycles. The lowest BCUT2D eigenvalue weighted by atomic mass is 9.85. The second-order valence-electron chi connectivity index (χ2n) is 15.2. The van der Waals surface area contributed by atoms with Crippen LogP contribution in [0.25, 0.3) is 0 Å². The van der Waals surface area contributed by atoms with Crippen molar-refractivity contribution in [2.24, 2.45) is 15.9 Å². The Morgan fingerprint density at radius 2 is 1.80 bits per heavy atom. The van der Waals surface area contributed by atoms with Crippen molar-refractivity contribution >= 4 is 36.0 Å². The van der Waals surface area contributed by atoms with E-state index in [1.54, 1.807) is 11.1 Å². The molecule has 1 amide bonds. The number of carbonyl (C=O) groups is 1. The molecule has 298 valence electrons. The Bertz CT molecular complexity index is 1540. The van der Waals surface area contributed by atoms with Crippen LogP contribution in [-0.2, 0) is 9.47 Å². The summed E-state index contributed by atoms with van der Waals surface area (Å²) >= 11 is 0. The minimum absolute atomic E-state index is 0.0499. The van der Waals surface area contributed by atoms with Crippen molar-refractivity contribution in [2.75, 3.05) is 75.3 Å². The summed E-state index contributed by atoms with van der Waals surface area (Å²) in [5.74, 6) is 2.61. The van der Waals surface area contributed by atoms with Gasteiger partial charge in [-0.1, -0.05) is 46.6 Å². The van der Waals surface area contributed by atoms with Crippen molar-refractivity contribution in [2.45, 2.75) is 111 Å². The van der Waals surface area contributed by atoms with Gasteiger partial charge < -0.3 is 29.5 Å². The van der Waals surface area contributed by atoms with E-state index in [0.29, 0.717) is 37.4 Å². The van der Waals surface area contributed by atoms with E-state index < -0.39 is 0 Å². The Kier molecular flexibility index (Phi) is 16.4. The molecule has 0 aromatic carbocycles. The van der Waals surface area contributed by atoms with Crippen LogP contribution in [0.2, 0.25) is 0 Å². The molecule has 2 aromatic rings. The number of fused-ring (bicyclic) bond motifs is 1. The van der Waals surface area contributed by atoms with Crippen molar-refractivity contribution in [1.29, 1.82) is 0 Å². The molecule has 2 aromatic heterocycles. The van der Waals surface area contributed by atoms with Crippen LogP contribution in [0.3, 0.4) is 0 Å². The lowest BCUT2D eigenvalue weighted by molar-refractivity contribution is -0.0730. The van der Waals surface area contributed by atoms with E-state index in [-0.39, 0.29) is 29.7 Å². The first-order valence-electron chi connectivity index (χ1n) is 20.2. The number of nitrogens with zero attached hydrogens (tertiary/aromatic N) is 8.